The first-order valence-corrected chi connectivity index (χ1v) is 12.2. The van der Waals surface area contributed by atoms with Crippen molar-refractivity contribution in [3.8, 4) is 6.07 Å². The number of piperazine rings is 1. The minimum atomic E-state index is -4.61. The van der Waals surface area contributed by atoms with Crippen LogP contribution in [0.15, 0.2) is 29.1 Å². The number of nitriles is 1. The van der Waals surface area contributed by atoms with Gasteiger partial charge in [0.25, 0.3) is 0 Å². The first-order chi connectivity index (χ1) is 17.5. The monoisotopic (exact) mass is 519 g/mol. The SMILES string of the molecule is CC[C@H]1CN([C@@H](C)c2ccc(C(F)(F)F)cc2F)[C@H](CC)CN1c1nc(=O)n(C)c2cc(CC#N)nn12. The van der Waals surface area contributed by atoms with E-state index >= 15 is 0 Å². The van der Waals surface area contributed by atoms with Crippen molar-refractivity contribution in [3.05, 3.63) is 57.4 Å². The molecule has 0 radical (unpaired) electrons. The number of benzene rings is 1. The summed E-state index contributed by atoms with van der Waals surface area (Å²) in [7, 11) is 1.59. The van der Waals surface area contributed by atoms with Crippen molar-refractivity contribution in [1.29, 1.82) is 5.26 Å². The highest BCUT2D eigenvalue weighted by Crippen LogP contribution is 2.35. The molecule has 0 spiro atoms. The van der Waals surface area contributed by atoms with Crippen LogP contribution in [0.25, 0.3) is 5.65 Å². The Labute approximate surface area is 211 Å². The summed E-state index contributed by atoms with van der Waals surface area (Å²) in [6.07, 6.45) is -3.15. The first kappa shape index (κ1) is 26.6. The van der Waals surface area contributed by atoms with Gasteiger partial charge in [0, 0.05) is 49.9 Å². The molecule has 1 aliphatic rings. The molecule has 1 aromatic carbocycles. The maximum Gasteiger partial charge on any atom is 0.416 e. The molecule has 4 rings (SSSR count). The van der Waals surface area contributed by atoms with Crippen LogP contribution < -0.4 is 10.6 Å². The lowest BCUT2D eigenvalue weighted by Crippen LogP contribution is -2.59. The summed E-state index contributed by atoms with van der Waals surface area (Å²) in [4.78, 5) is 21.1. The van der Waals surface area contributed by atoms with Crippen molar-refractivity contribution in [2.45, 2.75) is 64.3 Å². The molecule has 198 valence electrons. The third-order valence-electron chi connectivity index (χ3n) is 7.23. The van der Waals surface area contributed by atoms with Crippen molar-refractivity contribution in [1.82, 2.24) is 24.1 Å². The number of nitrogens with zero attached hydrogens (tertiary/aromatic N) is 7. The molecule has 0 N–H and O–H groups in total. The van der Waals surface area contributed by atoms with Gasteiger partial charge >= 0.3 is 11.9 Å². The van der Waals surface area contributed by atoms with E-state index in [0.29, 0.717) is 49.3 Å². The van der Waals surface area contributed by atoms with E-state index in [1.165, 1.54) is 10.6 Å². The molecule has 3 aromatic rings. The molecule has 3 heterocycles. The van der Waals surface area contributed by atoms with Crippen LogP contribution in [0.2, 0.25) is 0 Å². The normalized spacial score (nSPS) is 19.8. The molecule has 3 atom stereocenters. The van der Waals surface area contributed by atoms with Crippen molar-refractivity contribution in [2.24, 2.45) is 7.05 Å². The van der Waals surface area contributed by atoms with Crippen LogP contribution in [0.3, 0.4) is 0 Å². The predicted octanol–water partition coefficient (Wildman–Crippen LogP) is 4.09. The van der Waals surface area contributed by atoms with Gasteiger partial charge in [-0.1, -0.05) is 19.9 Å². The van der Waals surface area contributed by atoms with Crippen LogP contribution >= 0.6 is 0 Å². The fourth-order valence-electron chi connectivity index (χ4n) is 5.09. The fraction of sp³-hybridized carbons (Fsp3) is 0.520. The minimum absolute atomic E-state index is 0.0884. The average Bonchev–Trinajstić information content (AvgIpc) is 3.28. The molecular formula is C25H29F4N7O. The Balaban J connectivity index is 1.70. The predicted molar refractivity (Wildman–Crippen MR) is 130 cm³/mol. The summed E-state index contributed by atoms with van der Waals surface area (Å²) in [5, 5.41) is 13.6. The fourth-order valence-corrected chi connectivity index (χ4v) is 5.09. The Bertz CT molecular complexity index is 1390. The molecule has 0 bridgehead atoms. The Kier molecular flexibility index (Phi) is 7.28. The van der Waals surface area contributed by atoms with Gasteiger partial charge in [0.1, 0.15) is 11.5 Å². The zero-order valence-corrected chi connectivity index (χ0v) is 21.1. The quantitative estimate of drug-likeness (QED) is 0.457. The highest BCUT2D eigenvalue weighted by atomic mass is 19.4. The second-order valence-corrected chi connectivity index (χ2v) is 9.38. The number of rotatable bonds is 6. The van der Waals surface area contributed by atoms with Crippen LogP contribution in [-0.4, -0.2) is 49.2 Å². The van der Waals surface area contributed by atoms with Gasteiger partial charge < -0.3 is 4.90 Å². The van der Waals surface area contributed by atoms with E-state index in [-0.39, 0.29) is 24.1 Å². The summed E-state index contributed by atoms with van der Waals surface area (Å²) in [6.45, 7) is 6.73. The molecule has 1 fully saturated rings. The number of aryl methyl sites for hydroxylation is 1. The second-order valence-electron chi connectivity index (χ2n) is 9.38. The van der Waals surface area contributed by atoms with E-state index in [1.54, 1.807) is 24.6 Å². The number of hydrogen-bond donors (Lipinski definition) is 0. The maximum atomic E-state index is 14.8. The Hall–Kier alpha value is -3.46. The van der Waals surface area contributed by atoms with Crippen molar-refractivity contribution < 1.29 is 17.6 Å². The number of fused-ring (bicyclic) bond motifs is 1. The molecule has 0 aliphatic carbocycles. The molecule has 0 unspecified atom stereocenters. The molecule has 2 aromatic heterocycles. The van der Waals surface area contributed by atoms with Crippen LogP contribution in [0, 0.1) is 17.1 Å². The summed E-state index contributed by atoms with van der Waals surface area (Å²) in [5.74, 6) is -0.509. The molecule has 1 aliphatic heterocycles. The zero-order valence-electron chi connectivity index (χ0n) is 21.1. The van der Waals surface area contributed by atoms with Crippen LogP contribution in [0.1, 0.15) is 56.5 Å². The molecule has 1 saturated heterocycles. The maximum absolute atomic E-state index is 14.8. The van der Waals surface area contributed by atoms with Crippen molar-refractivity contribution >= 4 is 11.6 Å². The minimum Gasteiger partial charge on any atom is -0.335 e. The van der Waals surface area contributed by atoms with Gasteiger partial charge in [0.05, 0.1) is 23.7 Å². The van der Waals surface area contributed by atoms with Gasteiger partial charge in [-0.25, -0.2) is 9.18 Å². The smallest absolute Gasteiger partial charge is 0.335 e. The lowest BCUT2D eigenvalue weighted by Gasteiger charge is -2.48. The van der Waals surface area contributed by atoms with E-state index in [0.717, 1.165) is 6.07 Å². The van der Waals surface area contributed by atoms with Gasteiger partial charge in [-0.3, -0.25) is 9.47 Å². The zero-order chi connectivity index (χ0) is 27.1. The lowest BCUT2D eigenvalue weighted by atomic mass is 9.96. The topological polar surface area (TPSA) is 82.5 Å². The van der Waals surface area contributed by atoms with E-state index < -0.39 is 29.3 Å². The van der Waals surface area contributed by atoms with Crippen LogP contribution in [0.4, 0.5) is 23.5 Å². The van der Waals surface area contributed by atoms with Gasteiger partial charge in [0.2, 0.25) is 5.95 Å². The molecule has 37 heavy (non-hydrogen) atoms. The summed E-state index contributed by atoms with van der Waals surface area (Å²) in [5.41, 5.74) is -0.212. The Morgan fingerprint density at radius 1 is 1.16 bits per heavy atom. The van der Waals surface area contributed by atoms with E-state index in [1.807, 2.05) is 18.7 Å². The Morgan fingerprint density at radius 3 is 2.46 bits per heavy atom. The Morgan fingerprint density at radius 2 is 1.86 bits per heavy atom. The third kappa shape index (κ3) is 4.92. The molecular weight excluding hydrogens is 490 g/mol. The van der Waals surface area contributed by atoms with E-state index in [9.17, 15) is 22.4 Å². The summed E-state index contributed by atoms with van der Waals surface area (Å²) >= 11 is 0. The van der Waals surface area contributed by atoms with Gasteiger partial charge in [-0.2, -0.15) is 33.0 Å². The van der Waals surface area contributed by atoms with E-state index in [2.05, 4.69) is 21.1 Å². The standard InChI is InChI=1S/C25H29F4N7O/c1-5-18-14-35(23-31-24(37)33(4)22-12-17(9-10-30)32-36(22)23)19(6-2)13-34(18)15(3)20-8-7-16(11-21(20)26)25(27,28)29/h7-8,11-12,15,18-19H,5-6,9,13-14H2,1-4H3/t15-,18+,19-/m0/s1. The van der Waals surface area contributed by atoms with Crippen LogP contribution in [-0.2, 0) is 19.6 Å². The number of hydrogen-bond acceptors (Lipinski definition) is 6. The van der Waals surface area contributed by atoms with Crippen molar-refractivity contribution in [2.75, 3.05) is 18.0 Å². The van der Waals surface area contributed by atoms with E-state index in [4.69, 9.17) is 5.26 Å². The number of alkyl halides is 3. The van der Waals surface area contributed by atoms with Crippen LogP contribution in [0.5, 0.6) is 0 Å². The molecule has 8 nitrogen and oxygen atoms in total. The summed E-state index contributed by atoms with van der Waals surface area (Å²) < 4.78 is 56.9. The average molecular weight is 520 g/mol. The van der Waals surface area contributed by atoms with Gasteiger partial charge in [-0.15, -0.1) is 0 Å². The third-order valence-corrected chi connectivity index (χ3v) is 7.23. The molecule has 0 amide bonds. The highest BCUT2D eigenvalue weighted by Gasteiger charge is 2.38. The number of halogens is 4. The summed E-state index contributed by atoms with van der Waals surface area (Å²) in [6, 6.07) is 5.78. The number of anilines is 1. The first-order valence-electron chi connectivity index (χ1n) is 12.2. The second kappa shape index (κ2) is 10.1. The molecule has 0 saturated carbocycles. The lowest BCUT2D eigenvalue weighted by molar-refractivity contribution is -0.137. The van der Waals surface area contributed by atoms with Crippen molar-refractivity contribution in [3.63, 3.8) is 0 Å². The largest absolute Gasteiger partial charge is 0.416 e. The number of aromatic nitrogens is 4. The molecule has 12 heteroatoms. The highest BCUT2D eigenvalue weighted by molar-refractivity contribution is 5.48. The van der Waals surface area contributed by atoms with Gasteiger partial charge in [-0.05, 0) is 31.9 Å². The van der Waals surface area contributed by atoms with Gasteiger partial charge in [0.15, 0.2) is 0 Å².